The zero-order valence-corrected chi connectivity index (χ0v) is 15.0. The van der Waals surface area contributed by atoms with Crippen LogP contribution in [-0.4, -0.2) is 13.2 Å². The van der Waals surface area contributed by atoms with Gasteiger partial charge in [-0.25, -0.2) is 0 Å². The second-order valence-electron chi connectivity index (χ2n) is 4.80. The number of hydrogen-bond acceptors (Lipinski definition) is 2. The van der Waals surface area contributed by atoms with Crippen molar-refractivity contribution in [1.82, 2.24) is 5.32 Å². The predicted molar refractivity (Wildman–Crippen MR) is 89.4 cm³/mol. The summed E-state index contributed by atoms with van der Waals surface area (Å²) < 4.78 is 7.54. The van der Waals surface area contributed by atoms with E-state index in [1.165, 1.54) is 37.7 Å². The molecule has 0 aromatic heterocycles. The number of rotatable bonds is 4. The Morgan fingerprint density at radius 1 is 1.21 bits per heavy atom. The smallest absolute Gasteiger partial charge is 0.137 e. The molecule has 108 valence electrons. The van der Waals surface area contributed by atoms with Crippen LogP contribution in [0.25, 0.3) is 0 Å². The van der Waals surface area contributed by atoms with Crippen LogP contribution in [-0.2, 0) is 6.54 Å². The van der Waals surface area contributed by atoms with Crippen molar-refractivity contribution < 1.29 is 4.74 Å². The van der Waals surface area contributed by atoms with Gasteiger partial charge in [-0.1, -0.05) is 35.2 Å². The van der Waals surface area contributed by atoms with Crippen molar-refractivity contribution >= 4 is 44.3 Å². The van der Waals surface area contributed by atoms with Crippen molar-refractivity contribution in [1.29, 1.82) is 0 Å². The monoisotopic (exact) mass is 411 g/mol. The van der Waals surface area contributed by atoms with Gasteiger partial charge in [0, 0.05) is 22.6 Å². The van der Waals surface area contributed by atoms with Crippen molar-refractivity contribution in [3.63, 3.8) is 0 Å². The fourth-order valence-corrected chi connectivity index (χ4v) is 4.01. The first-order valence-electron chi connectivity index (χ1n) is 6.46. The van der Waals surface area contributed by atoms with Crippen LogP contribution >= 0.6 is 44.3 Å². The minimum Gasteiger partial charge on any atom is -0.495 e. The number of halogens is 3. The Hall–Kier alpha value is 0.230. The lowest BCUT2D eigenvalue weighted by Crippen LogP contribution is -2.30. The lowest BCUT2D eigenvalue weighted by Gasteiger charge is -2.23. The summed E-state index contributed by atoms with van der Waals surface area (Å²) in [6.45, 7) is 0.867. The Balaban J connectivity index is 0.00000180. The minimum absolute atomic E-state index is 0. The quantitative estimate of drug-likeness (QED) is 0.745. The molecule has 0 atom stereocenters. The first-order valence-corrected chi connectivity index (χ1v) is 8.04. The predicted octanol–water partition coefficient (Wildman–Crippen LogP) is 5.06. The molecule has 19 heavy (non-hydrogen) atoms. The molecule has 0 unspecified atom stereocenters. The van der Waals surface area contributed by atoms with Crippen molar-refractivity contribution in [2.45, 2.75) is 44.7 Å². The first kappa shape index (κ1) is 17.3. The van der Waals surface area contributed by atoms with E-state index in [1.54, 1.807) is 7.11 Å². The van der Waals surface area contributed by atoms with Crippen LogP contribution in [0.3, 0.4) is 0 Å². The molecule has 0 spiro atoms. The molecule has 1 saturated carbocycles. The summed E-state index contributed by atoms with van der Waals surface area (Å²) in [5.41, 5.74) is 1.20. The van der Waals surface area contributed by atoms with Gasteiger partial charge < -0.3 is 10.1 Å². The van der Waals surface area contributed by atoms with E-state index in [9.17, 15) is 0 Å². The maximum Gasteiger partial charge on any atom is 0.137 e. The van der Waals surface area contributed by atoms with Gasteiger partial charge in [0.15, 0.2) is 0 Å². The van der Waals surface area contributed by atoms with E-state index >= 15 is 0 Å². The molecule has 1 aliphatic carbocycles. The summed E-state index contributed by atoms with van der Waals surface area (Å²) in [6, 6.07) is 4.81. The van der Waals surface area contributed by atoms with E-state index < -0.39 is 0 Å². The van der Waals surface area contributed by atoms with Crippen molar-refractivity contribution in [2.24, 2.45) is 0 Å². The lowest BCUT2D eigenvalue weighted by molar-refractivity contribution is 0.364. The maximum atomic E-state index is 5.46. The highest BCUT2D eigenvalue weighted by Gasteiger charge is 2.14. The Morgan fingerprint density at radius 3 is 2.53 bits per heavy atom. The second kappa shape index (κ2) is 8.50. The SMILES string of the molecule is COc1c(Br)cc(Br)cc1CNC1CCCCC1.Cl. The molecule has 0 radical (unpaired) electrons. The molecule has 1 fully saturated rings. The average Bonchev–Trinajstić information content (AvgIpc) is 2.37. The van der Waals surface area contributed by atoms with Crippen LogP contribution in [0.15, 0.2) is 21.1 Å². The normalized spacial score (nSPS) is 15.9. The van der Waals surface area contributed by atoms with E-state index in [0.717, 1.165) is 21.2 Å². The maximum absolute atomic E-state index is 5.46. The van der Waals surface area contributed by atoms with Gasteiger partial charge in [0.25, 0.3) is 0 Å². The summed E-state index contributed by atoms with van der Waals surface area (Å²) in [4.78, 5) is 0. The van der Waals surface area contributed by atoms with E-state index in [2.05, 4.69) is 43.2 Å². The molecular formula is C14H20Br2ClNO. The third-order valence-electron chi connectivity index (χ3n) is 3.48. The van der Waals surface area contributed by atoms with Crippen LogP contribution < -0.4 is 10.1 Å². The van der Waals surface area contributed by atoms with E-state index in [1.807, 2.05) is 6.07 Å². The Morgan fingerprint density at radius 2 is 1.89 bits per heavy atom. The van der Waals surface area contributed by atoms with Gasteiger partial charge in [-0.05, 0) is 40.9 Å². The summed E-state index contributed by atoms with van der Waals surface area (Å²) in [5, 5.41) is 3.65. The van der Waals surface area contributed by atoms with Crippen LogP contribution in [0, 0.1) is 0 Å². The van der Waals surface area contributed by atoms with Gasteiger partial charge in [-0.3, -0.25) is 0 Å². The molecule has 0 aliphatic heterocycles. The van der Waals surface area contributed by atoms with E-state index in [-0.39, 0.29) is 12.4 Å². The van der Waals surface area contributed by atoms with Gasteiger partial charge >= 0.3 is 0 Å². The number of benzene rings is 1. The number of ether oxygens (including phenoxy) is 1. The molecule has 0 heterocycles. The number of hydrogen-bond donors (Lipinski definition) is 1. The van der Waals surface area contributed by atoms with Gasteiger partial charge in [-0.15, -0.1) is 12.4 Å². The highest BCUT2D eigenvalue weighted by atomic mass is 79.9. The van der Waals surface area contributed by atoms with E-state index in [0.29, 0.717) is 6.04 Å². The van der Waals surface area contributed by atoms with Crippen molar-refractivity contribution in [2.75, 3.05) is 7.11 Å². The molecule has 2 rings (SSSR count). The standard InChI is InChI=1S/C14H19Br2NO.ClH/c1-18-14-10(7-11(15)8-13(14)16)9-17-12-5-3-2-4-6-12;/h7-8,12,17H,2-6,9H2,1H3;1H. The fourth-order valence-electron chi connectivity index (χ4n) is 2.53. The number of nitrogens with one attached hydrogen (secondary N) is 1. The highest BCUT2D eigenvalue weighted by molar-refractivity contribution is 9.11. The molecule has 2 nitrogen and oxygen atoms in total. The molecule has 1 aromatic rings. The van der Waals surface area contributed by atoms with Gasteiger partial charge in [-0.2, -0.15) is 0 Å². The second-order valence-corrected chi connectivity index (χ2v) is 6.57. The van der Waals surface area contributed by atoms with Crippen molar-refractivity contribution in [3.05, 3.63) is 26.6 Å². The third kappa shape index (κ3) is 4.92. The van der Waals surface area contributed by atoms with Gasteiger partial charge in [0.2, 0.25) is 0 Å². The van der Waals surface area contributed by atoms with Gasteiger partial charge in [0.1, 0.15) is 5.75 Å². The van der Waals surface area contributed by atoms with Gasteiger partial charge in [0.05, 0.1) is 11.6 Å². The zero-order valence-electron chi connectivity index (χ0n) is 11.0. The molecule has 1 N–H and O–H groups in total. The first-order chi connectivity index (χ1) is 8.70. The summed E-state index contributed by atoms with van der Waals surface area (Å²) in [7, 11) is 1.72. The van der Waals surface area contributed by atoms with Crippen LogP contribution in [0.5, 0.6) is 5.75 Å². The minimum atomic E-state index is 0. The molecule has 0 amide bonds. The Labute approximate surface area is 138 Å². The zero-order chi connectivity index (χ0) is 13.0. The molecular weight excluding hydrogens is 393 g/mol. The molecule has 1 aromatic carbocycles. The summed E-state index contributed by atoms with van der Waals surface area (Å²) in [6.07, 6.45) is 6.72. The highest BCUT2D eigenvalue weighted by Crippen LogP contribution is 2.32. The fraction of sp³-hybridized carbons (Fsp3) is 0.571. The van der Waals surface area contributed by atoms with Crippen LogP contribution in [0.1, 0.15) is 37.7 Å². The summed E-state index contributed by atoms with van der Waals surface area (Å²) in [5.74, 6) is 0.932. The summed E-state index contributed by atoms with van der Waals surface area (Å²) >= 11 is 7.07. The number of methoxy groups -OCH3 is 1. The average molecular weight is 414 g/mol. The molecule has 0 bridgehead atoms. The van der Waals surface area contributed by atoms with Crippen LogP contribution in [0.2, 0.25) is 0 Å². The largest absolute Gasteiger partial charge is 0.495 e. The Kier molecular flexibility index (Phi) is 7.73. The molecule has 0 saturated heterocycles. The topological polar surface area (TPSA) is 21.3 Å². The molecule has 5 heteroatoms. The third-order valence-corrected chi connectivity index (χ3v) is 4.52. The molecule has 1 aliphatic rings. The van der Waals surface area contributed by atoms with Crippen molar-refractivity contribution in [3.8, 4) is 5.75 Å². The van der Waals surface area contributed by atoms with E-state index in [4.69, 9.17) is 4.74 Å². The Bertz CT molecular complexity index is 409. The van der Waals surface area contributed by atoms with Crippen LogP contribution in [0.4, 0.5) is 0 Å². The lowest BCUT2D eigenvalue weighted by atomic mass is 9.95.